The Morgan fingerprint density at radius 2 is 2.33 bits per heavy atom. The van der Waals surface area contributed by atoms with Crippen molar-refractivity contribution in [2.24, 2.45) is 0 Å². The van der Waals surface area contributed by atoms with E-state index in [1.165, 1.54) is 7.11 Å². The van der Waals surface area contributed by atoms with E-state index in [4.69, 9.17) is 0 Å². The monoisotopic (exact) mass is 210 g/mol. The summed E-state index contributed by atoms with van der Waals surface area (Å²) in [7, 11) is 1.38. The molecular formula is C11H18N2O2. The van der Waals surface area contributed by atoms with E-state index in [0.29, 0.717) is 11.7 Å². The molecule has 1 aromatic rings. The first-order valence-electron chi connectivity index (χ1n) is 5.17. The number of carbonyl (C=O) groups is 1. The molecule has 0 saturated carbocycles. The number of esters is 1. The van der Waals surface area contributed by atoms with Crippen molar-refractivity contribution in [2.45, 2.75) is 32.9 Å². The normalized spacial score (nSPS) is 12.5. The molecule has 0 amide bonds. The molecule has 4 nitrogen and oxygen atoms in total. The van der Waals surface area contributed by atoms with Crippen LogP contribution in [0.1, 0.15) is 36.5 Å². The topological polar surface area (TPSA) is 54.1 Å². The van der Waals surface area contributed by atoms with Gasteiger partial charge in [-0.1, -0.05) is 6.92 Å². The lowest BCUT2D eigenvalue weighted by Gasteiger charge is -2.09. The summed E-state index contributed by atoms with van der Waals surface area (Å²) in [6.45, 7) is 5.00. The summed E-state index contributed by atoms with van der Waals surface area (Å²) < 4.78 is 4.61. The molecular weight excluding hydrogens is 192 g/mol. The van der Waals surface area contributed by atoms with Crippen molar-refractivity contribution in [3.05, 3.63) is 23.5 Å². The molecule has 0 aromatic carbocycles. The second-order valence-electron chi connectivity index (χ2n) is 3.58. The van der Waals surface area contributed by atoms with Gasteiger partial charge in [-0.25, -0.2) is 4.79 Å². The number of H-pyrrole nitrogens is 1. The number of hydrogen-bond donors (Lipinski definition) is 2. The van der Waals surface area contributed by atoms with E-state index < -0.39 is 0 Å². The van der Waals surface area contributed by atoms with Gasteiger partial charge in [0.05, 0.1) is 7.11 Å². The van der Waals surface area contributed by atoms with Gasteiger partial charge in [-0.05, 0) is 25.5 Å². The highest BCUT2D eigenvalue weighted by Crippen LogP contribution is 2.03. The van der Waals surface area contributed by atoms with Gasteiger partial charge in [-0.15, -0.1) is 0 Å². The highest BCUT2D eigenvalue weighted by Gasteiger charge is 2.07. The predicted octanol–water partition coefficient (Wildman–Crippen LogP) is 1.69. The highest BCUT2D eigenvalue weighted by atomic mass is 16.5. The van der Waals surface area contributed by atoms with Gasteiger partial charge in [0.25, 0.3) is 0 Å². The van der Waals surface area contributed by atoms with E-state index in [1.807, 2.05) is 6.07 Å². The molecule has 4 heteroatoms. The quantitative estimate of drug-likeness (QED) is 0.727. The molecule has 0 bridgehead atoms. The fourth-order valence-corrected chi connectivity index (χ4v) is 1.20. The van der Waals surface area contributed by atoms with Gasteiger partial charge >= 0.3 is 5.97 Å². The molecule has 1 aromatic heterocycles. The molecule has 1 unspecified atom stereocenters. The minimum atomic E-state index is -0.329. The van der Waals surface area contributed by atoms with Gasteiger partial charge in [0.1, 0.15) is 5.69 Å². The summed E-state index contributed by atoms with van der Waals surface area (Å²) in [6, 6.07) is 4.11. The SMILES string of the molecule is CCC(C)NCc1ccc(C(=O)OC)[nH]1. The summed E-state index contributed by atoms with van der Waals surface area (Å²) in [5.74, 6) is -0.329. The van der Waals surface area contributed by atoms with Crippen LogP contribution in [0.25, 0.3) is 0 Å². The Kier molecular flexibility index (Phi) is 4.37. The third-order valence-electron chi connectivity index (χ3n) is 2.41. The lowest BCUT2D eigenvalue weighted by Crippen LogP contribution is -2.24. The number of ether oxygens (including phenoxy) is 1. The van der Waals surface area contributed by atoms with Crippen molar-refractivity contribution < 1.29 is 9.53 Å². The molecule has 0 saturated heterocycles. The van der Waals surface area contributed by atoms with Crippen LogP contribution in [-0.2, 0) is 11.3 Å². The average Bonchev–Trinajstić information content (AvgIpc) is 2.73. The number of hydrogen-bond acceptors (Lipinski definition) is 3. The zero-order valence-corrected chi connectivity index (χ0v) is 9.46. The number of aromatic amines is 1. The summed E-state index contributed by atoms with van der Waals surface area (Å²) in [5, 5.41) is 3.34. The average molecular weight is 210 g/mol. The first-order chi connectivity index (χ1) is 7.17. The third kappa shape index (κ3) is 3.40. The van der Waals surface area contributed by atoms with Crippen molar-refractivity contribution in [1.29, 1.82) is 0 Å². The van der Waals surface area contributed by atoms with Crippen molar-refractivity contribution >= 4 is 5.97 Å². The number of carbonyl (C=O) groups excluding carboxylic acids is 1. The van der Waals surface area contributed by atoms with E-state index in [-0.39, 0.29) is 5.97 Å². The van der Waals surface area contributed by atoms with E-state index in [1.54, 1.807) is 6.07 Å². The second kappa shape index (κ2) is 5.56. The molecule has 0 aliphatic carbocycles. The summed E-state index contributed by atoms with van der Waals surface area (Å²) in [6.07, 6.45) is 1.09. The van der Waals surface area contributed by atoms with Crippen molar-refractivity contribution in [2.75, 3.05) is 7.11 Å². The van der Waals surface area contributed by atoms with Gasteiger partial charge in [-0.3, -0.25) is 0 Å². The lowest BCUT2D eigenvalue weighted by atomic mass is 10.2. The van der Waals surface area contributed by atoms with E-state index in [9.17, 15) is 4.79 Å². The Morgan fingerprint density at radius 1 is 1.60 bits per heavy atom. The second-order valence-corrected chi connectivity index (χ2v) is 3.58. The molecule has 0 fully saturated rings. The van der Waals surface area contributed by atoms with Crippen LogP contribution >= 0.6 is 0 Å². The molecule has 1 heterocycles. The number of aromatic nitrogens is 1. The van der Waals surface area contributed by atoms with Gasteiger partial charge < -0.3 is 15.0 Å². The van der Waals surface area contributed by atoms with Crippen LogP contribution in [0.3, 0.4) is 0 Å². The van der Waals surface area contributed by atoms with Gasteiger partial charge in [0.2, 0.25) is 0 Å². The third-order valence-corrected chi connectivity index (χ3v) is 2.41. The summed E-state index contributed by atoms with van der Waals surface area (Å²) in [5.41, 5.74) is 1.49. The first kappa shape index (κ1) is 11.8. The van der Waals surface area contributed by atoms with Crippen LogP contribution < -0.4 is 5.32 Å². The minimum absolute atomic E-state index is 0.329. The lowest BCUT2D eigenvalue weighted by molar-refractivity contribution is 0.0594. The summed E-state index contributed by atoms with van der Waals surface area (Å²) >= 11 is 0. The molecule has 0 aliphatic heterocycles. The van der Waals surface area contributed by atoms with Crippen molar-refractivity contribution in [3.63, 3.8) is 0 Å². The van der Waals surface area contributed by atoms with Gasteiger partial charge in [0.15, 0.2) is 0 Å². The molecule has 0 spiro atoms. The number of nitrogens with one attached hydrogen (secondary N) is 2. The fourth-order valence-electron chi connectivity index (χ4n) is 1.20. The van der Waals surface area contributed by atoms with E-state index in [0.717, 1.165) is 18.7 Å². The van der Waals surface area contributed by atoms with Crippen molar-refractivity contribution in [3.8, 4) is 0 Å². The predicted molar refractivity (Wildman–Crippen MR) is 58.7 cm³/mol. The Labute approximate surface area is 90.0 Å². The zero-order chi connectivity index (χ0) is 11.3. The van der Waals surface area contributed by atoms with Crippen molar-refractivity contribution in [1.82, 2.24) is 10.3 Å². The molecule has 0 radical (unpaired) electrons. The largest absolute Gasteiger partial charge is 0.464 e. The van der Waals surface area contributed by atoms with Gasteiger partial charge in [-0.2, -0.15) is 0 Å². The molecule has 15 heavy (non-hydrogen) atoms. The maximum absolute atomic E-state index is 11.1. The molecule has 0 aliphatic rings. The maximum atomic E-state index is 11.1. The molecule has 1 atom stereocenters. The van der Waals surface area contributed by atoms with Crippen LogP contribution in [0, 0.1) is 0 Å². The Balaban J connectivity index is 2.49. The van der Waals surface area contributed by atoms with E-state index in [2.05, 4.69) is 28.9 Å². The Bertz CT molecular complexity index is 320. The smallest absolute Gasteiger partial charge is 0.354 e. The first-order valence-corrected chi connectivity index (χ1v) is 5.17. The fraction of sp³-hybridized carbons (Fsp3) is 0.545. The molecule has 84 valence electrons. The Morgan fingerprint density at radius 3 is 2.93 bits per heavy atom. The molecule has 2 N–H and O–H groups in total. The van der Waals surface area contributed by atoms with Crippen LogP contribution in [-0.4, -0.2) is 24.1 Å². The van der Waals surface area contributed by atoms with Crippen LogP contribution in [0.15, 0.2) is 12.1 Å². The zero-order valence-electron chi connectivity index (χ0n) is 9.46. The van der Waals surface area contributed by atoms with Crippen LogP contribution in [0.2, 0.25) is 0 Å². The van der Waals surface area contributed by atoms with Crippen LogP contribution in [0.4, 0.5) is 0 Å². The number of methoxy groups -OCH3 is 1. The Hall–Kier alpha value is -1.29. The minimum Gasteiger partial charge on any atom is -0.464 e. The highest BCUT2D eigenvalue weighted by molar-refractivity contribution is 5.87. The standard InChI is InChI=1S/C11H18N2O2/c1-4-8(2)12-7-9-5-6-10(13-9)11(14)15-3/h5-6,8,12-13H,4,7H2,1-3H3. The number of rotatable bonds is 5. The van der Waals surface area contributed by atoms with Gasteiger partial charge in [0, 0.05) is 18.3 Å². The molecule has 1 rings (SSSR count). The van der Waals surface area contributed by atoms with Crippen LogP contribution in [0.5, 0.6) is 0 Å². The summed E-state index contributed by atoms with van der Waals surface area (Å²) in [4.78, 5) is 14.2. The van der Waals surface area contributed by atoms with E-state index >= 15 is 0 Å². The maximum Gasteiger partial charge on any atom is 0.354 e.